The highest BCUT2D eigenvalue weighted by atomic mass is 35.5. The van der Waals surface area contributed by atoms with Crippen LogP contribution in [0, 0.1) is 5.82 Å². The van der Waals surface area contributed by atoms with E-state index in [0.717, 1.165) is 22.2 Å². The minimum Gasteiger partial charge on any atom is -0.388 e. The number of aliphatic hydroxyl groups excluding tert-OH is 1. The van der Waals surface area contributed by atoms with E-state index < -0.39 is 6.10 Å². The van der Waals surface area contributed by atoms with Crippen molar-refractivity contribution in [3.63, 3.8) is 0 Å². The molecule has 1 aromatic heterocycles. The number of fused-ring (bicyclic) bond motifs is 1. The summed E-state index contributed by atoms with van der Waals surface area (Å²) in [5, 5.41) is 18.5. The summed E-state index contributed by atoms with van der Waals surface area (Å²) >= 11 is 5.54. The lowest BCUT2D eigenvalue weighted by Gasteiger charge is -2.11. The molecule has 0 saturated heterocycles. The lowest BCUT2D eigenvalue weighted by atomic mass is 10.1. The quantitative estimate of drug-likeness (QED) is 0.672. The Morgan fingerprint density at radius 3 is 2.79 bits per heavy atom. The molecule has 0 amide bonds. The molecule has 2 N–H and O–H groups in total. The number of aliphatic hydroxyl groups is 1. The summed E-state index contributed by atoms with van der Waals surface area (Å²) < 4.78 is 14.8. The van der Waals surface area contributed by atoms with Gasteiger partial charge in [-0.3, -0.25) is 0 Å². The molecule has 6 heteroatoms. The van der Waals surface area contributed by atoms with E-state index in [9.17, 15) is 9.50 Å². The van der Waals surface area contributed by atoms with E-state index in [2.05, 4.69) is 10.4 Å². The van der Waals surface area contributed by atoms with Crippen molar-refractivity contribution >= 4 is 22.5 Å². The molecule has 4 nitrogen and oxygen atoms in total. The molecule has 24 heavy (non-hydrogen) atoms. The zero-order valence-corrected chi connectivity index (χ0v) is 13.6. The number of aromatic nitrogens is 2. The summed E-state index contributed by atoms with van der Waals surface area (Å²) in [5.74, 6) is 0.147. The lowest BCUT2D eigenvalue weighted by molar-refractivity contribution is 0.179. The summed E-state index contributed by atoms with van der Waals surface area (Å²) in [6.07, 6.45) is 4.59. The van der Waals surface area contributed by atoms with Gasteiger partial charge in [-0.25, -0.2) is 9.07 Å². The number of nitrogens with one attached hydrogen (secondary N) is 1. The third-order valence-electron chi connectivity index (χ3n) is 3.68. The molecule has 124 valence electrons. The summed E-state index contributed by atoms with van der Waals surface area (Å²) in [4.78, 5) is 0. The molecule has 0 aliphatic heterocycles. The number of allylic oxidation sites excluding steroid dienone is 1. The molecular formula is C18H17ClFN3O. The normalized spacial score (nSPS) is 12.8. The van der Waals surface area contributed by atoms with Crippen LogP contribution in [0.5, 0.6) is 0 Å². The van der Waals surface area contributed by atoms with Gasteiger partial charge < -0.3 is 10.4 Å². The Balaban J connectivity index is 1.82. The first-order valence-electron chi connectivity index (χ1n) is 7.55. The number of rotatable bonds is 6. The van der Waals surface area contributed by atoms with Gasteiger partial charge in [0.2, 0.25) is 0 Å². The minimum atomic E-state index is -0.636. The fraction of sp³-hybridized carbons (Fsp3) is 0.167. The molecule has 0 saturated carbocycles. The number of hydrogen-bond donors (Lipinski definition) is 2. The van der Waals surface area contributed by atoms with Crippen molar-refractivity contribution in [2.45, 2.75) is 6.10 Å². The first kappa shape index (κ1) is 16.5. The van der Waals surface area contributed by atoms with Gasteiger partial charge in [0, 0.05) is 17.8 Å². The fourth-order valence-electron chi connectivity index (χ4n) is 2.47. The monoisotopic (exact) mass is 345 g/mol. The number of nitrogens with zero attached hydrogens (tertiary/aromatic N) is 2. The molecule has 0 bridgehead atoms. The lowest BCUT2D eigenvalue weighted by Crippen LogP contribution is -2.16. The summed E-state index contributed by atoms with van der Waals surface area (Å²) in [5.41, 5.74) is 2.48. The van der Waals surface area contributed by atoms with Gasteiger partial charge in [-0.1, -0.05) is 12.1 Å². The highest BCUT2D eigenvalue weighted by Gasteiger charge is 2.10. The van der Waals surface area contributed by atoms with Crippen molar-refractivity contribution < 1.29 is 9.50 Å². The maximum absolute atomic E-state index is 13.1. The summed E-state index contributed by atoms with van der Waals surface area (Å²) in [7, 11) is 0. The molecule has 1 unspecified atom stereocenters. The maximum Gasteiger partial charge on any atom is 0.123 e. The van der Waals surface area contributed by atoms with Crippen molar-refractivity contribution in [1.82, 2.24) is 15.1 Å². The molecule has 0 aliphatic rings. The Kier molecular flexibility index (Phi) is 5.13. The second kappa shape index (κ2) is 7.47. The van der Waals surface area contributed by atoms with Gasteiger partial charge in [0.1, 0.15) is 5.82 Å². The average Bonchev–Trinajstić information content (AvgIpc) is 3.02. The molecule has 0 fully saturated rings. The minimum absolute atomic E-state index is 0.281. The zero-order chi connectivity index (χ0) is 16.9. The highest BCUT2D eigenvalue weighted by molar-refractivity contribution is 6.18. The van der Waals surface area contributed by atoms with Crippen LogP contribution in [0.15, 0.2) is 60.9 Å². The fourth-order valence-corrected chi connectivity index (χ4v) is 2.56. The molecule has 2 aromatic carbocycles. The molecule has 0 aliphatic carbocycles. The van der Waals surface area contributed by atoms with E-state index in [1.165, 1.54) is 12.1 Å². The highest BCUT2D eigenvalue weighted by Crippen LogP contribution is 2.22. The smallest absolute Gasteiger partial charge is 0.123 e. The van der Waals surface area contributed by atoms with Gasteiger partial charge in [-0.15, -0.1) is 11.6 Å². The Bertz CT molecular complexity index is 845. The van der Waals surface area contributed by atoms with E-state index in [1.54, 1.807) is 35.3 Å². The molecule has 1 heterocycles. The van der Waals surface area contributed by atoms with Crippen LogP contribution >= 0.6 is 11.6 Å². The summed E-state index contributed by atoms with van der Waals surface area (Å²) in [6.45, 7) is 0.394. The van der Waals surface area contributed by atoms with Crippen LogP contribution < -0.4 is 5.32 Å². The largest absolute Gasteiger partial charge is 0.388 e. The number of halogens is 2. The van der Waals surface area contributed by atoms with Crippen molar-refractivity contribution in [2.75, 3.05) is 12.4 Å². The second-order valence-electron chi connectivity index (χ2n) is 5.33. The van der Waals surface area contributed by atoms with Gasteiger partial charge in [0.25, 0.3) is 0 Å². The van der Waals surface area contributed by atoms with Crippen LogP contribution in [-0.2, 0) is 0 Å². The molecule has 0 radical (unpaired) electrons. The van der Waals surface area contributed by atoms with E-state index in [4.69, 9.17) is 11.6 Å². The van der Waals surface area contributed by atoms with Gasteiger partial charge in [0.15, 0.2) is 0 Å². The first-order chi connectivity index (χ1) is 11.7. The molecule has 1 atom stereocenters. The van der Waals surface area contributed by atoms with Crippen molar-refractivity contribution in [1.29, 1.82) is 0 Å². The molecule has 3 aromatic rings. The van der Waals surface area contributed by atoms with Crippen LogP contribution in [0.25, 0.3) is 16.6 Å². The third kappa shape index (κ3) is 3.58. The van der Waals surface area contributed by atoms with Crippen molar-refractivity contribution in [2.24, 2.45) is 0 Å². The topological polar surface area (TPSA) is 50.1 Å². The van der Waals surface area contributed by atoms with Crippen molar-refractivity contribution in [3.8, 4) is 5.69 Å². The van der Waals surface area contributed by atoms with Crippen LogP contribution in [0.1, 0.15) is 11.7 Å². The standard InChI is InChI=1S/C18H17ClFN3O/c19-8-1-9-21-12-18(24)13-2-7-17-14(10-13)11-22-23(17)16-5-3-15(20)4-6-16/h1-7,9-11,18,21,24H,8,12H2/b9-1+. The van der Waals surface area contributed by atoms with E-state index in [0.29, 0.717) is 12.4 Å². The van der Waals surface area contributed by atoms with Gasteiger partial charge >= 0.3 is 0 Å². The van der Waals surface area contributed by atoms with Gasteiger partial charge in [-0.2, -0.15) is 5.10 Å². The zero-order valence-electron chi connectivity index (χ0n) is 12.9. The number of hydrogen-bond acceptors (Lipinski definition) is 3. The molecular weight excluding hydrogens is 329 g/mol. The van der Waals surface area contributed by atoms with E-state index in [1.807, 2.05) is 18.2 Å². The third-order valence-corrected chi connectivity index (χ3v) is 3.86. The first-order valence-corrected chi connectivity index (χ1v) is 8.08. The predicted molar refractivity (Wildman–Crippen MR) is 93.9 cm³/mol. The Hall–Kier alpha value is -2.37. The van der Waals surface area contributed by atoms with Crippen molar-refractivity contribution in [3.05, 3.63) is 72.3 Å². The van der Waals surface area contributed by atoms with Crippen LogP contribution in [0.2, 0.25) is 0 Å². The number of benzene rings is 2. The van der Waals surface area contributed by atoms with Gasteiger partial charge in [0.05, 0.1) is 23.5 Å². The average molecular weight is 346 g/mol. The Labute approximate surface area is 144 Å². The van der Waals surface area contributed by atoms with E-state index >= 15 is 0 Å². The Morgan fingerprint density at radius 2 is 2.04 bits per heavy atom. The van der Waals surface area contributed by atoms with Crippen LogP contribution in [0.4, 0.5) is 4.39 Å². The second-order valence-corrected chi connectivity index (χ2v) is 5.64. The van der Waals surface area contributed by atoms with Gasteiger partial charge in [-0.05, 0) is 48.2 Å². The van der Waals surface area contributed by atoms with Crippen LogP contribution in [-0.4, -0.2) is 27.3 Å². The Morgan fingerprint density at radius 1 is 1.25 bits per heavy atom. The number of alkyl halides is 1. The predicted octanol–water partition coefficient (Wildman–Crippen LogP) is 3.54. The molecule has 3 rings (SSSR count). The van der Waals surface area contributed by atoms with E-state index in [-0.39, 0.29) is 5.82 Å². The molecule has 0 spiro atoms. The van der Waals surface area contributed by atoms with Crippen LogP contribution in [0.3, 0.4) is 0 Å². The SMILES string of the molecule is OC(CN/C=C/CCl)c1ccc2c(cnn2-c2ccc(F)cc2)c1. The maximum atomic E-state index is 13.1. The summed E-state index contributed by atoms with van der Waals surface area (Å²) in [6, 6.07) is 11.8.